The molecule has 3 rings (SSSR count). The Morgan fingerprint density at radius 3 is 3.10 bits per heavy atom. The van der Waals surface area contributed by atoms with E-state index in [9.17, 15) is 4.79 Å². The van der Waals surface area contributed by atoms with E-state index < -0.39 is 0 Å². The lowest BCUT2D eigenvalue weighted by atomic mass is 9.97. The maximum Gasteiger partial charge on any atom is 0.270 e. The van der Waals surface area contributed by atoms with Crippen molar-refractivity contribution in [3.8, 4) is 5.75 Å². The number of fused-ring (bicyclic) bond motifs is 2. The summed E-state index contributed by atoms with van der Waals surface area (Å²) in [5.74, 6) is 1.04. The van der Waals surface area contributed by atoms with Crippen molar-refractivity contribution in [2.75, 3.05) is 26.7 Å². The number of aromatic nitrogens is 1. The molecule has 108 valence electrons. The Hall–Kier alpha value is -1.33. The number of rotatable bonds is 3. The third kappa shape index (κ3) is 2.74. The van der Waals surface area contributed by atoms with Gasteiger partial charge in [0.2, 0.25) is 0 Å². The maximum atomic E-state index is 12.2. The van der Waals surface area contributed by atoms with Crippen LogP contribution >= 0.6 is 11.6 Å². The van der Waals surface area contributed by atoms with Crippen molar-refractivity contribution < 1.29 is 9.53 Å². The molecule has 3 atom stereocenters. The Morgan fingerprint density at radius 2 is 2.40 bits per heavy atom. The summed E-state index contributed by atoms with van der Waals surface area (Å²) in [5.41, 5.74) is 0.337. The number of piperidine rings is 1. The van der Waals surface area contributed by atoms with E-state index in [1.165, 1.54) is 26.3 Å². The van der Waals surface area contributed by atoms with Gasteiger partial charge in [-0.25, -0.2) is 4.98 Å². The highest BCUT2D eigenvalue weighted by atomic mass is 35.5. The van der Waals surface area contributed by atoms with E-state index >= 15 is 0 Å². The van der Waals surface area contributed by atoms with Crippen LogP contribution in [0.2, 0.25) is 5.02 Å². The molecular formula is C14H18ClN3O2. The Balaban J connectivity index is 1.65. The van der Waals surface area contributed by atoms with Crippen LogP contribution in [0.1, 0.15) is 23.3 Å². The molecule has 1 aromatic heterocycles. The Kier molecular flexibility index (Phi) is 3.81. The molecule has 2 bridgehead atoms. The van der Waals surface area contributed by atoms with Crippen LogP contribution in [0.4, 0.5) is 0 Å². The molecule has 1 amide bonds. The number of hydrogen-bond acceptors (Lipinski definition) is 4. The number of methoxy groups -OCH3 is 1. The van der Waals surface area contributed by atoms with Crippen LogP contribution in [-0.4, -0.2) is 48.6 Å². The molecule has 3 unspecified atom stereocenters. The molecule has 5 nitrogen and oxygen atoms in total. The predicted octanol–water partition coefficient (Wildman–Crippen LogP) is 1.57. The Bertz CT molecular complexity index is 511. The molecule has 6 heteroatoms. The van der Waals surface area contributed by atoms with E-state index in [1.54, 1.807) is 6.07 Å². The largest absolute Gasteiger partial charge is 0.494 e. The molecule has 2 saturated heterocycles. The van der Waals surface area contributed by atoms with Gasteiger partial charge in [-0.1, -0.05) is 11.6 Å². The minimum Gasteiger partial charge on any atom is -0.494 e. The van der Waals surface area contributed by atoms with E-state index in [4.69, 9.17) is 16.3 Å². The summed E-state index contributed by atoms with van der Waals surface area (Å²) < 4.78 is 5.03. The predicted molar refractivity (Wildman–Crippen MR) is 76.2 cm³/mol. The van der Waals surface area contributed by atoms with Crippen molar-refractivity contribution >= 4 is 17.5 Å². The second kappa shape index (κ2) is 5.58. The van der Waals surface area contributed by atoms with E-state index in [0.717, 1.165) is 25.4 Å². The number of ether oxygens (including phenoxy) is 1. The zero-order chi connectivity index (χ0) is 14.1. The first-order valence-corrected chi connectivity index (χ1v) is 7.26. The van der Waals surface area contributed by atoms with Gasteiger partial charge in [0.15, 0.2) is 5.75 Å². The molecule has 0 spiro atoms. The fraction of sp³-hybridized carbons (Fsp3) is 0.571. The van der Waals surface area contributed by atoms with E-state index in [-0.39, 0.29) is 11.9 Å². The van der Waals surface area contributed by atoms with Gasteiger partial charge in [-0.15, -0.1) is 0 Å². The zero-order valence-electron chi connectivity index (χ0n) is 11.4. The first-order valence-electron chi connectivity index (χ1n) is 6.88. The highest BCUT2D eigenvalue weighted by Gasteiger charge is 2.33. The summed E-state index contributed by atoms with van der Waals surface area (Å²) in [6, 6.07) is 1.76. The lowest BCUT2D eigenvalue weighted by Crippen LogP contribution is -2.47. The van der Waals surface area contributed by atoms with Crippen molar-refractivity contribution in [1.29, 1.82) is 0 Å². The summed E-state index contributed by atoms with van der Waals surface area (Å²) in [7, 11) is 1.52. The van der Waals surface area contributed by atoms with Crippen LogP contribution in [0.15, 0.2) is 12.3 Å². The van der Waals surface area contributed by atoms with Gasteiger partial charge in [-0.2, -0.15) is 0 Å². The van der Waals surface area contributed by atoms with Crippen LogP contribution in [0.3, 0.4) is 0 Å². The van der Waals surface area contributed by atoms with Gasteiger partial charge in [-0.05, 0) is 31.4 Å². The van der Waals surface area contributed by atoms with Gasteiger partial charge < -0.3 is 15.0 Å². The summed E-state index contributed by atoms with van der Waals surface area (Å²) >= 11 is 6.02. The number of hydrogen-bond donors (Lipinski definition) is 1. The summed E-state index contributed by atoms with van der Waals surface area (Å²) in [5, 5.41) is 3.46. The summed E-state index contributed by atoms with van der Waals surface area (Å²) in [6.45, 7) is 3.27. The van der Waals surface area contributed by atoms with E-state index in [1.807, 2.05) is 0 Å². The number of amides is 1. The third-order valence-corrected chi connectivity index (χ3v) is 4.37. The van der Waals surface area contributed by atoms with Gasteiger partial charge in [-0.3, -0.25) is 4.79 Å². The molecule has 20 heavy (non-hydrogen) atoms. The minimum absolute atomic E-state index is 0.165. The molecule has 0 radical (unpaired) electrons. The van der Waals surface area contributed by atoms with Crippen LogP contribution in [0, 0.1) is 5.92 Å². The number of nitrogens with zero attached hydrogens (tertiary/aromatic N) is 2. The molecule has 0 aliphatic carbocycles. The van der Waals surface area contributed by atoms with Crippen molar-refractivity contribution in [3.05, 3.63) is 23.0 Å². The van der Waals surface area contributed by atoms with Gasteiger partial charge in [0, 0.05) is 19.1 Å². The lowest BCUT2D eigenvalue weighted by Gasteiger charge is -2.30. The summed E-state index contributed by atoms with van der Waals surface area (Å²) in [6.07, 6.45) is 3.79. The van der Waals surface area contributed by atoms with Crippen molar-refractivity contribution in [1.82, 2.24) is 15.2 Å². The monoisotopic (exact) mass is 295 g/mol. The highest BCUT2D eigenvalue weighted by molar-refractivity contribution is 6.32. The normalized spacial score (nSPS) is 28.2. The number of pyridine rings is 1. The molecule has 0 aromatic carbocycles. The Labute approximate surface area is 123 Å². The SMILES string of the molecule is COc1cnc(C(=O)NC2CC3CCN(C3)C2)cc1Cl. The smallest absolute Gasteiger partial charge is 0.270 e. The standard InChI is InChI=1S/C14H18ClN3O2/c1-20-13-6-16-12(5-11(13)15)14(19)17-10-4-9-2-3-18(7-9)8-10/h5-6,9-10H,2-4,7-8H2,1H3,(H,17,19). The fourth-order valence-electron chi connectivity index (χ4n) is 3.12. The second-order valence-corrected chi connectivity index (χ2v) is 5.93. The number of nitrogens with one attached hydrogen (secondary N) is 1. The third-order valence-electron chi connectivity index (χ3n) is 4.07. The van der Waals surface area contributed by atoms with Gasteiger partial charge in [0.1, 0.15) is 5.69 Å². The minimum atomic E-state index is -0.165. The summed E-state index contributed by atoms with van der Waals surface area (Å²) in [4.78, 5) is 18.7. The zero-order valence-corrected chi connectivity index (χ0v) is 12.2. The molecule has 2 aliphatic rings. The van der Waals surface area contributed by atoms with Crippen LogP contribution in [0.25, 0.3) is 0 Å². The van der Waals surface area contributed by atoms with Crippen molar-refractivity contribution in [2.45, 2.75) is 18.9 Å². The molecule has 1 N–H and O–H groups in total. The number of carbonyl (C=O) groups excluding carboxylic acids is 1. The second-order valence-electron chi connectivity index (χ2n) is 5.52. The molecule has 2 fully saturated rings. The fourth-order valence-corrected chi connectivity index (χ4v) is 3.35. The quantitative estimate of drug-likeness (QED) is 0.920. The molecule has 1 aromatic rings. The first-order chi connectivity index (χ1) is 9.65. The molecule has 3 heterocycles. The van der Waals surface area contributed by atoms with Crippen molar-refractivity contribution in [2.24, 2.45) is 5.92 Å². The average molecular weight is 296 g/mol. The van der Waals surface area contributed by atoms with Gasteiger partial charge in [0.05, 0.1) is 18.3 Å². The van der Waals surface area contributed by atoms with Gasteiger partial charge >= 0.3 is 0 Å². The first kappa shape index (κ1) is 13.6. The topological polar surface area (TPSA) is 54.5 Å². The average Bonchev–Trinajstić information content (AvgIpc) is 2.77. The van der Waals surface area contributed by atoms with E-state index in [0.29, 0.717) is 16.5 Å². The maximum absolute atomic E-state index is 12.2. The lowest BCUT2D eigenvalue weighted by molar-refractivity contribution is 0.0904. The molecule has 0 saturated carbocycles. The highest BCUT2D eigenvalue weighted by Crippen LogP contribution is 2.27. The molecular weight excluding hydrogens is 278 g/mol. The number of carbonyl (C=O) groups is 1. The molecule has 2 aliphatic heterocycles. The Morgan fingerprint density at radius 1 is 1.55 bits per heavy atom. The van der Waals surface area contributed by atoms with Crippen LogP contribution in [-0.2, 0) is 0 Å². The van der Waals surface area contributed by atoms with Crippen LogP contribution in [0.5, 0.6) is 5.75 Å². The van der Waals surface area contributed by atoms with Crippen LogP contribution < -0.4 is 10.1 Å². The van der Waals surface area contributed by atoms with Gasteiger partial charge in [0.25, 0.3) is 5.91 Å². The number of halogens is 1. The van der Waals surface area contributed by atoms with Crippen molar-refractivity contribution in [3.63, 3.8) is 0 Å². The van der Waals surface area contributed by atoms with E-state index in [2.05, 4.69) is 15.2 Å².